The van der Waals surface area contributed by atoms with Crippen molar-refractivity contribution in [3.8, 4) is 6.07 Å². The molecule has 0 heterocycles. The Bertz CT molecular complexity index is 466. The van der Waals surface area contributed by atoms with Crippen LogP contribution in [0.3, 0.4) is 0 Å². The first-order valence-corrected chi connectivity index (χ1v) is 6.20. The van der Waals surface area contributed by atoms with Gasteiger partial charge in [-0.1, -0.05) is 30.3 Å². The number of nitriles is 1. The molecule has 0 aliphatic rings. The van der Waals surface area contributed by atoms with E-state index in [4.69, 9.17) is 5.26 Å². The molecule has 1 aromatic carbocycles. The van der Waals surface area contributed by atoms with Crippen LogP contribution in [0, 0.1) is 17.2 Å². The SMILES string of the molecule is N#CC(Cc1ccccc1)C(=O)NCCCC(F)(F)F. The maximum Gasteiger partial charge on any atom is 0.389 e. The van der Waals surface area contributed by atoms with Crippen LogP contribution in [0.1, 0.15) is 18.4 Å². The normalized spacial score (nSPS) is 12.5. The van der Waals surface area contributed by atoms with Gasteiger partial charge in [-0.15, -0.1) is 0 Å². The van der Waals surface area contributed by atoms with Crippen LogP contribution in [-0.2, 0) is 11.2 Å². The number of benzene rings is 1. The highest BCUT2D eigenvalue weighted by Gasteiger charge is 2.26. The molecule has 0 bridgehead atoms. The summed E-state index contributed by atoms with van der Waals surface area (Å²) in [7, 11) is 0. The van der Waals surface area contributed by atoms with Gasteiger partial charge in [0.25, 0.3) is 0 Å². The topological polar surface area (TPSA) is 52.9 Å². The average Bonchev–Trinajstić information content (AvgIpc) is 2.41. The summed E-state index contributed by atoms with van der Waals surface area (Å²) in [6, 6.07) is 10.9. The van der Waals surface area contributed by atoms with Gasteiger partial charge in [-0.05, 0) is 18.4 Å². The third kappa shape index (κ3) is 6.23. The van der Waals surface area contributed by atoms with Gasteiger partial charge in [-0.25, -0.2) is 0 Å². The van der Waals surface area contributed by atoms with E-state index in [0.717, 1.165) is 5.56 Å². The quantitative estimate of drug-likeness (QED) is 0.817. The lowest BCUT2D eigenvalue weighted by molar-refractivity contribution is -0.136. The van der Waals surface area contributed by atoms with Crippen LogP contribution < -0.4 is 5.32 Å². The van der Waals surface area contributed by atoms with Gasteiger partial charge in [-0.2, -0.15) is 18.4 Å². The van der Waals surface area contributed by atoms with Gasteiger partial charge in [0, 0.05) is 13.0 Å². The Hall–Kier alpha value is -2.03. The lowest BCUT2D eigenvalue weighted by atomic mass is 10.00. The molecule has 1 N–H and O–H groups in total. The second kappa shape index (κ2) is 7.53. The fourth-order valence-corrected chi connectivity index (χ4v) is 1.67. The van der Waals surface area contributed by atoms with Crippen molar-refractivity contribution in [2.45, 2.75) is 25.4 Å². The van der Waals surface area contributed by atoms with Crippen LogP contribution in [0.5, 0.6) is 0 Å². The smallest absolute Gasteiger partial charge is 0.355 e. The molecule has 0 aliphatic heterocycles. The number of hydrogen-bond donors (Lipinski definition) is 1. The van der Waals surface area contributed by atoms with Crippen molar-refractivity contribution in [3.63, 3.8) is 0 Å². The number of carbonyl (C=O) groups is 1. The largest absolute Gasteiger partial charge is 0.389 e. The maximum absolute atomic E-state index is 11.9. The Morgan fingerprint density at radius 2 is 1.95 bits per heavy atom. The van der Waals surface area contributed by atoms with Crippen molar-refractivity contribution in [1.82, 2.24) is 5.32 Å². The maximum atomic E-state index is 11.9. The number of halogens is 3. The second-order valence-electron chi connectivity index (χ2n) is 4.38. The molecule has 108 valence electrons. The van der Waals surface area contributed by atoms with Crippen LogP contribution in [0.25, 0.3) is 0 Å². The molecule has 0 saturated carbocycles. The lowest BCUT2D eigenvalue weighted by Gasteiger charge is -2.11. The van der Waals surface area contributed by atoms with E-state index >= 15 is 0 Å². The molecule has 0 saturated heterocycles. The average molecular weight is 284 g/mol. The highest BCUT2D eigenvalue weighted by atomic mass is 19.4. The molecule has 1 rings (SSSR count). The highest BCUT2D eigenvalue weighted by molar-refractivity contribution is 5.81. The van der Waals surface area contributed by atoms with Crippen LogP contribution in [-0.4, -0.2) is 18.6 Å². The lowest BCUT2D eigenvalue weighted by Crippen LogP contribution is -2.32. The fourth-order valence-electron chi connectivity index (χ4n) is 1.67. The Balaban J connectivity index is 2.39. The summed E-state index contributed by atoms with van der Waals surface area (Å²) in [5.41, 5.74) is 0.837. The molecule has 0 aromatic heterocycles. The predicted molar refractivity (Wildman–Crippen MR) is 67.5 cm³/mol. The first-order chi connectivity index (χ1) is 9.42. The summed E-state index contributed by atoms with van der Waals surface area (Å²) in [6.07, 6.45) is -5.09. The Morgan fingerprint density at radius 1 is 1.30 bits per heavy atom. The number of rotatable bonds is 6. The van der Waals surface area contributed by atoms with Crippen molar-refractivity contribution < 1.29 is 18.0 Å². The molecular formula is C14H15F3N2O. The highest BCUT2D eigenvalue weighted by Crippen LogP contribution is 2.20. The minimum absolute atomic E-state index is 0.0781. The zero-order chi connectivity index (χ0) is 15.0. The van der Waals surface area contributed by atoms with Crippen molar-refractivity contribution in [3.05, 3.63) is 35.9 Å². The summed E-state index contributed by atoms with van der Waals surface area (Å²) in [5.74, 6) is -1.41. The molecule has 0 spiro atoms. The first kappa shape index (κ1) is 16.0. The molecule has 1 unspecified atom stereocenters. The predicted octanol–water partition coefficient (Wildman–Crippen LogP) is 2.83. The Morgan fingerprint density at radius 3 is 2.50 bits per heavy atom. The molecule has 1 atom stereocenters. The molecule has 1 aromatic rings. The van der Waals surface area contributed by atoms with Gasteiger partial charge >= 0.3 is 6.18 Å². The Labute approximate surface area is 115 Å². The molecule has 0 aliphatic carbocycles. The van der Waals surface area contributed by atoms with E-state index in [2.05, 4.69) is 5.32 Å². The zero-order valence-electron chi connectivity index (χ0n) is 10.8. The number of nitrogens with one attached hydrogen (secondary N) is 1. The van der Waals surface area contributed by atoms with Gasteiger partial charge in [0.15, 0.2) is 0 Å². The van der Waals surface area contributed by atoms with Crippen LogP contribution >= 0.6 is 0 Å². The van der Waals surface area contributed by atoms with Gasteiger partial charge in [0.2, 0.25) is 5.91 Å². The Kier molecular flexibility index (Phi) is 6.04. The summed E-state index contributed by atoms with van der Waals surface area (Å²) >= 11 is 0. The molecule has 0 radical (unpaired) electrons. The summed E-state index contributed by atoms with van der Waals surface area (Å²) in [6.45, 7) is -0.0781. The third-order valence-corrected chi connectivity index (χ3v) is 2.69. The number of alkyl halides is 3. The molecule has 6 heteroatoms. The van der Waals surface area contributed by atoms with Crippen LogP contribution in [0.2, 0.25) is 0 Å². The van der Waals surface area contributed by atoms with Crippen molar-refractivity contribution in [2.24, 2.45) is 5.92 Å². The standard InChI is InChI=1S/C14H15F3N2O/c15-14(16,17)7-4-8-19-13(20)12(10-18)9-11-5-2-1-3-6-11/h1-3,5-6,12H,4,7-9H2,(H,19,20). The zero-order valence-corrected chi connectivity index (χ0v) is 10.8. The van der Waals surface area contributed by atoms with E-state index in [-0.39, 0.29) is 19.4 Å². The minimum Gasteiger partial charge on any atom is -0.355 e. The molecular weight excluding hydrogens is 269 g/mol. The first-order valence-electron chi connectivity index (χ1n) is 6.20. The number of carbonyl (C=O) groups excluding carboxylic acids is 1. The van der Waals surface area contributed by atoms with Crippen molar-refractivity contribution in [1.29, 1.82) is 5.26 Å². The molecule has 3 nitrogen and oxygen atoms in total. The van der Waals surface area contributed by atoms with Gasteiger partial charge < -0.3 is 5.32 Å². The summed E-state index contributed by atoms with van der Waals surface area (Å²) < 4.78 is 35.8. The van der Waals surface area contributed by atoms with E-state index in [1.807, 2.05) is 12.1 Å². The second-order valence-corrected chi connectivity index (χ2v) is 4.38. The van der Waals surface area contributed by atoms with E-state index < -0.39 is 24.4 Å². The van der Waals surface area contributed by atoms with E-state index in [0.29, 0.717) is 0 Å². The van der Waals surface area contributed by atoms with Crippen LogP contribution in [0.15, 0.2) is 30.3 Å². The molecule has 0 fully saturated rings. The van der Waals surface area contributed by atoms with Gasteiger partial charge in [0.05, 0.1) is 6.07 Å². The number of amides is 1. The van der Waals surface area contributed by atoms with Crippen LogP contribution in [0.4, 0.5) is 13.2 Å². The number of nitrogens with zero attached hydrogens (tertiary/aromatic N) is 1. The number of hydrogen-bond acceptors (Lipinski definition) is 2. The van der Waals surface area contributed by atoms with E-state index in [1.54, 1.807) is 24.3 Å². The summed E-state index contributed by atoms with van der Waals surface area (Å²) in [5, 5.41) is 11.3. The minimum atomic E-state index is -4.22. The summed E-state index contributed by atoms with van der Waals surface area (Å²) in [4.78, 5) is 11.7. The third-order valence-electron chi connectivity index (χ3n) is 2.69. The van der Waals surface area contributed by atoms with Gasteiger partial charge in [-0.3, -0.25) is 4.79 Å². The van der Waals surface area contributed by atoms with E-state index in [9.17, 15) is 18.0 Å². The van der Waals surface area contributed by atoms with Gasteiger partial charge in [0.1, 0.15) is 5.92 Å². The molecule has 20 heavy (non-hydrogen) atoms. The van der Waals surface area contributed by atoms with E-state index in [1.165, 1.54) is 0 Å². The fraction of sp³-hybridized carbons (Fsp3) is 0.429. The van der Waals surface area contributed by atoms with Crippen molar-refractivity contribution >= 4 is 5.91 Å². The monoisotopic (exact) mass is 284 g/mol. The molecule has 1 amide bonds. The van der Waals surface area contributed by atoms with Crippen molar-refractivity contribution in [2.75, 3.05) is 6.54 Å².